The first-order valence-electron chi connectivity index (χ1n) is 7.59. The van der Waals surface area contributed by atoms with Gasteiger partial charge in [-0.2, -0.15) is 0 Å². The number of hydrogen-bond donors (Lipinski definition) is 1. The molecule has 0 aliphatic rings. The van der Waals surface area contributed by atoms with E-state index in [1.54, 1.807) is 0 Å². The fourth-order valence-electron chi connectivity index (χ4n) is 2.53. The van der Waals surface area contributed by atoms with Crippen molar-refractivity contribution in [3.63, 3.8) is 0 Å². The van der Waals surface area contributed by atoms with Crippen LogP contribution >= 0.6 is 24.0 Å². The molecule has 0 aliphatic heterocycles. The zero-order valence-electron chi connectivity index (χ0n) is 14.1. The topological polar surface area (TPSA) is 32.3 Å². The molecule has 1 aromatic carbocycles. The second kappa shape index (κ2) is 9.39. The molecule has 22 heavy (non-hydrogen) atoms. The molecule has 1 N–H and O–H groups in total. The molecule has 5 heteroatoms. The molecule has 1 aromatic rings. The van der Waals surface area contributed by atoms with Crippen LogP contribution in [0.2, 0.25) is 5.02 Å². The average Bonchev–Trinajstić information content (AvgIpc) is 2.41. The van der Waals surface area contributed by atoms with Crippen LogP contribution in [-0.2, 0) is 11.2 Å². The summed E-state index contributed by atoms with van der Waals surface area (Å²) in [5.41, 5.74) is 0.881. The third-order valence-corrected chi connectivity index (χ3v) is 4.01. The number of amides is 1. The van der Waals surface area contributed by atoms with Crippen molar-refractivity contribution in [1.82, 2.24) is 10.2 Å². The summed E-state index contributed by atoms with van der Waals surface area (Å²) in [4.78, 5) is 14.5. The van der Waals surface area contributed by atoms with E-state index in [1.807, 2.05) is 31.2 Å². The number of likely N-dealkylation sites (N-methyl/N-ethyl adjacent to an activating group) is 1. The maximum Gasteiger partial charge on any atom is 0.237 e. The summed E-state index contributed by atoms with van der Waals surface area (Å²) in [5, 5.41) is 3.89. The van der Waals surface area contributed by atoms with Crippen LogP contribution < -0.4 is 5.32 Å². The predicted octanol–water partition coefficient (Wildman–Crippen LogP) is 3.93. The normalized spacial score (nSPS) is 12.7. The Morgan fingerprint density at radius 2 is 1.73 bits per heavy atom. The van der Waals surface area contributed by atoms with Crippen molar-refractivity contribution >= 4 is 29.9 Å². The molecule has 0 spiro atoms. The van der Waals surface area contributed by atoms with E-state index in [0.717, 1.165) is 24.5 Å². The van der Waals surface area contributed by atoms with Crippen LogP contribution in [-0.4, -0.2) is 35.5 Å². The summed E-state index contributed by atoms with van der Waals surface area (Å²) in [6.07, 6.45) is 0.779. The number of nitrogens with one attached hydrogen (secondary N) is 1. The first-order valence-corrected chi connectivity index (χ1v) is 7.97. The van der Waals surface area contributed by atoms with Gasteiger partial charge in [-0.05, 0) is 58.0 Å². The van der Waals surface area contributed by atoms with Gasteiger partial charge in [0.1, 0.15) is 0 Å². The molecular weight excluding hydrogens is 319 g/mol. The number of hydrogen-bond acceptors (Lipinski definition) is 2. The Morgan fingerprint density at radius 3 is 2.18 bits per heavy atom. The van der Waals surface area contributed by atoms with Crippen LogP contribution in [0.1, 0.15) is 40.2 Å². The highest BCUT2D eigenvalue weighted by Crippen LogP contribution is 2.16. The van der Waals surface area contributed by atoms with Crippen LogP contribution in [0.4, 0.5) is 0 Å². The average molecular weight is 347 g/mol. The summed E-state index contributed by atoms with van der Waals surface area (Å²) >= 11 is 5.90. The van der Waals surface area contributed by atoms with Crippen LogP contribution in [0, 0.1) is 0 Å². The quantitative estimate of drug-likeness (QED) is 0.811. The van der Waals surface area contributed by atoms with Crippen molar-refractivity contribution in [2.45, 2.75) is 52.6 Å². The number of benzene rings is 1. The van der Waals surface area contributed by atoms with Gasteiger partial charge >= 0.3 is 0 Å². The molecule has 0 fully saturated rings. The monoisotopic (exact) mass is 346 g/mol. The van der Waals surface area contributed by atoms with Crippen molar-refractivity contribution in [2.24, 2.45) is 0 Å². The Labute approximate surface area is 145 Å². The zero-order chi connectivity index (χ0) is 16.0. The molecule has 0 bridgehead atoms. The number of carbonyl (C=O) groups is 1. The predicted molar refractivity (Wildman–Crippen MR) is 97.0 cm³/mol. The van der Waals surface area contributed by atoms with Crippen molar-refractivity contribution in [3.8, 4) is 0 Å². The van der Waals surface area contributed by atoms with Crippen molar-refractivity contribution in [3.05, 3.63) is 34.9 Å². The lowest BCUT2D eigenvalue weighted by molar-refractivity contribution is -0.127. The molecule has 0 radical (unpaired) electrons. The standard InChI is InChI=1S/C17H27ClN2O.ClH/c1-6-20(7-2)13(3)16(21)19-17(4,5)12-14-8-10-15(18)11-9-14;/h8-11,13H,6-7,12H2,1-5H3,(H,19,21);1H. The molecule has 0 aromatic heterocycles. The lowest BCUT2D eigenvalue weighted by atomic mass is 9.94. The summed E-state index contributed by atoms with van der Waals surface area (Å²) in [7, 11) is 0. The largest absolute Gasteiger partial charge is 0.350 e. The summed E-state index contributed by atoms with van der Waals surface area (Å²) in [6.45, 7) is 12.0. The molecule has 3 nitrogen and oxygen atoms in total. The van der Waals surface area contributed by atoms with Gasteiger partial charge in [-0.25, -0.2) is 0 Å². The lowest BCUT2D eigenvalue weighted by Gasteiger charge is -2.31. The van der Waals surface area contributed by atoms with Gasteiger partial charge in [0.15, 0.2) is 0 Å². The Morgan fingerprint density at radius 1 is 1.23 bits per heavy atom. The minimum Gasteiger partial charge on any atom is -0.350 e. The molecular formula is C17H28Cl2N2O. The molecule has 1 rings (SSSR count). The maximum absolute atomic E-state index is 12.4. The van der Waals surface area contributed by atoms with Crippen LogP contribution in [0.25, 0.3) is 0 Å². The smallest absolute Gasteiger partial charge is 0.237 e. The summed E-state index contributed by atoms with van der Waals surface area (Å²) < 4.78 is 0. The Hall–Kier alpha value is -0.770. The summed E-state index contributed by atoms with van der Waals surface area (Å²) in [5.74, 6) is 0.0812. The molecule has 0 aliphatic carbocycles. The van der Waals surface area contributed by atoms with Gasteiger partial charge in [0, 0.05) is 10.6 Å². The highest BCUT2D eigenvalue weighted by molar-refractivity contribution is 6.30. The molecule has 0 heterocycles. The van der Waals surface area contributed by atoms with Gasteiger partial charge in [-0.3, -0.25) is 9.69 Å². The van der Waals surface area contributed by atoms with Crippen LogP contribution in [0.5, 0.6) is 0 Å². The minimum absolute atomic E-state index is 0. The highest BCUT2D eigenvalue weighted by atomic mass is 35.5. The van der Waals surface area contributed by atoms with E-state index >= 15 is 0 Å². The number of rotatable bonds is 7. The van der Waals surface area contributed by atoms with Gasteiger partial charge in [-0.1, -0.05) is 37.6 Å². The van der Waals surface area contributed by atoms with E-state index in [0.29, 0.717) is 0 Å². The molecule has 0 saturated heterocycles. The summed E-state index contributed by atoms with van der Waals surface area (Å²) in [6, 6.07) is 7.67. The van der Waals surface area contributed by atoms with E-state index in [9.17, 15) is 4.79 Å². The SMILES string of the molecule is CCN(CC)C(C)C(=O)NC(C)(C)Cc1ccc(Cl)cc1.Cl. The third-order valence-electron chi connectivity index (χ3n) is 3.76. The van der Waals surface area contributed by atoms with Crippen molar-refractivity contribution < 1.29 is 4.79 Å². The fourth-order valence-corrected chi connectivity index (χ4v) is 2.66. The van der Waals surface area contributed by atoms with E-state index in [4.69, 9.17) is 11.6 Å². The van der Waals surface area contributed by atoms with Gasteiger partial charge < -0.3 is 5.32 Å². The van der Waals surface area contributed by atoms with Crippen LogP contribution in [0.3, 0.4) is 0 Å². The fraction of sp³-hybridized carbons (Fsp3) is 0.588. The number of carbonyl (C=O) groups excluding carboxylic acids is 1. The third kappa shape index (κ3) is 6.55. The second-order valence-electron chi connectivity index (χ2n) is 6.07. The van der Waals surface area contributed by atoms with Crippen LogP contribution in [0.15, 0.2) is 24.3 Å². The Kier molecular flexibility index (Phi) is 9.06. The molecule has 1 atom stereocenters. The van der Waals surface area contributed by atoms with E-state index in [2.05, 4.69) is 37.9 Å². The van der Waals surface area contributed by atoms with Crippen molar-refractivity contribution in [2.75, 3.05) is 13.1 Å². The minimum atomic E-state index is -0.285. The first kappa shape index (κ1) is 21.2. The van der Waals surface area contributed by atoms with Crippen molar-refractivity contribution in [1.29, 1.82) is 0 Å². The first-order chi connectivity index (χ1) is 9.79. The van der Waals surface area contributed by atoms with E-state index in [1.165, 1.54) is 5.56 Å². The number of halogens is 2. The van der Waals surface area contributed by atoms with E-state index < -0.39 is 0 Å². The molecule has 1 amide bonds. The molecule has 1 unspecified atom stereocenters. The highest BCUT2D eigenvalue weighted by Gasteiger charge is 2.26. The molecule has 126 valence electrons. The maximum atomic E-state index is 12.4. The lowest BCUT2D eigenvalue weighted by Crippen LogP contribution is -2.53. The molecule has 0 saturated carbocycles. The second-order valence-corrected chi connectivity index (χ2v) is 6.51. The Bertz CT molecular complexity index is 456. The van der Waals surface area contributed by atoms with E-state index in [-0.39, 0.29) is 29.9 Å². The number of nitrogens with zero attached hydrogens (tertiary/aromatic N) is 1. The van der Waals surface area contributed by atoms with Gasteiger partial charge in [-0.15, -0.1) is 12.4 Å². The Balaban J connectivity index is 0.00000441. The van der Waals surface area contributed by atoms with Gasteiger partial charge in [0.05, 0.1) is 6.04 Å². The van der Waals surface area contributed by atoms with Gasteiger partial charge in [0.25, 0.3) is 0 Å². The zero-order valence-corrected chi connectivity index (χ0v) is 15.7. The van der Waals surface area contributed by atoms with Gasteiger partial charge in [0.2, 0.25) is 5.91 Å².